The third kappa shape index (κ3) is 6.53. The lowest BCUT2D eigenvalue weighted by molar-refractivity contribution is -0.135. The molecule has 2 aromatic carbocycles. The first kappa shape index (κ1) is 17.0. The molecule has 1 atom stereocenters. The molecule has 23 heavy (non-hydrogen) atoms. The summed E-state index contributed by atoms with van der Waals surface area (Å²) in [6.07, 6.45) is 0.908. The SMILES string of the molecule is C[C@@H](CNCC(=O)O)Cc1ccc(OCc2ccccc2)cc1. The van der Waals surface area contributed by atoms with Crippen LogP contribution in [0.5, 0.6) is 5.75 Å². The number of carboxylic acids is 1. The molecule has 2 N–H and O–H groups in total. The van der Waals surface area contributed by atoms with Gasteiger partial charge in [-0.25, -0.2) is 0 Å². The van der Waals surface area contributed by atoms with Gasteiger partial charge in [-0.1, -0.05) is 49.4 Å². The Hall–Kier alpha value is -2.33. The molecular formula is C19H23NO3. The molecule has 0 saturated carbocycles. The van der Waals surface area contributed by atoms with E-state index in [9.17, 15) is 4.79 Å². The van der Waals surface area contributed by atoms with Crippen molar-refractivity contribution in [3.63, 3.8) is 0 Å². The zero-order chi connectivity index (χ0) is 16.5. The molecule has 0 heterocycles. The number of hydrogen-bond acceptors (Lipinski definition) is 3. The molecule has 2 rings (SSSR count). The average molecular weight is 313 g/mol. The van der Waals surface area contributed by atoms with Crippen molar-refractivity contribution in [3.8, 4) is 5.75 Å². The molecule has 0 fully saturated rings. The van der Waals surface area contributed by atoms with Gasteiger partial charge >= 0.3 is 5.97 Å². The van der Waals surface area contributed by atoms with Crippen molar-refractivity contribution in [2.75, 3.05) is 13.1 Å². The summed E-state index contributed by atoms with van der Waals surface area (Å²) in [7, 11) is 0. The highest BCUT2D eigenvalue weighted by Gasteiger charge is 2.05. The van der Waals surface area contributed by atoms with Gasteiger partial charge in [-0.2, -0.15) is 0 Å². The number of ether oxygens (including phenoxy) is 1. The number of rotatable bonds is 9. The van der Waals surface area contributed by atoms with Gasteiger partial charge in [0.1, 0.15) is 12.4 Å². The van der Waals surface area contributed by atoms with E-state index in [1.54, 1.807) is 0 Å². The minimum Gasteiger partial charge on any atom is -0.489 e. The molecule has 0 aliphatic rings. The molecule has 0 bridgehead atoms. The van der Waals surface area contributed by atoms with Crippen molar-refractivity contribution in [2.45, 2.75) is 20.0 Å². The first-order chi connectivity index (χ1) is 11.1. The summed E-state index contributed by atoms with van der Waals surface area (Å²) in [6, 6.07) is 18.2. The number of carboxylic acid groups (broad SMARTS) is 1. The minimum atomic E-state index is -0.822. The quantitative estimate of drug-likeness (QED) is 0.747. The lowest BCUT2D eigenvalue weighted by Gasteiger charge is -2.12. The second-order valence-corrected chi connectivity index (χ2v) is 5.75. The maximum absolute atomic E-state index is 10.5. The highest BCUT2D eigenvalue weighted by molar-refractivity contribution is 5.68. The molecule has 0 spiro atoms. The lowest BCUT2D eigenvalue weighted by atomic mass is 10.0. The topological polar surface area (TPSA) is 58.6 Å². The van der Waals surface area contributed by atoms with Crippen molar-refractivity contribution >= 4 is 5.97 Å². The van der Waals surface area contributed by atoms with Crippen LogP contribution in [0.4, 0.5) is 0 Å². The van der Waals surface area contributed by atoms with Crippen LogP contribution in [0.3, 0.4) is 0 Å². The summed E-state index contributed by atoms with van der Waals surface area (Å²) in [4.78, 5) is 10.5. The minimum absolute atomic E-state index is 0.0105. The van der Waals surface area contributed by atoms with Gasteiger partial charge in [0.05, 0.1) is 6.54 Å². The van der Waals surface area contributed by atoms with E-state index in [1.807, 2.05) is 42.5 Å². The highest BCUT2D eigenvalue weighted by Crippen LogP contribution is 2.16. The fraction of sp³-hybridized carbons (Fsp3) is 0.316. The van der Waals surface area contributed by atoms with E-state index in [0.29, 0.717) is 19.1 Å². The van der Waals surface area contributed by atoms with Crippen LogP contribution in [0.15, 0.2) is 54.6 Å². The predicted molar refractivity (Wildman–Crippen MR) is 90.6 cm³/mol. The summed E-state index contributed by atoms with van der Waals surface area (Å²) in [5, 5.41) is 11.5. The zero-order valence-corrected chi connectivity index (χ0v) is 13.4. The van der Waals surface area contributed by atoms with E-state index in [-0.39, 0.29) is 6.54 Å². The Kier molecular flexibility index (Phi) is 6.63. The highest BCUT2D eigenvalue weighted by atomic mass is 16.5. The Morgan fingerprint density at radius 2 is 1.78 bits per heavy atom. The number of carbonyl (C=O) groups is 1. The maximum atomic E-state index is 10.5. The summed E-state index contributed by atoms with van der Waals surface area (Å²) >= 11 is 0. The molecule has 2 aromatic rings. The number of benzene rings is 2. The van der Waals surface area contributed by atoms with E-state index >= 15 is 0 Å². The Labute approximate surface area is 137 Å². The van der Waals surface area contributed by atoms with E-state index in [1.165, 1.54) is 5.56 Å². The van der Waals surface area contributed by atoms with Crippen molar-refractivity contribution in [2.24, 2.45) is 5.92 Å². The summed E-state index contributed by atoms with van der Waals surface area (Å²) < 4.78 is 5.77. The Balaban J connectivity index is 1.76. The monoisotopic (exact) mass is 313 g/mol. The molecule has 0 radical (unpaired) electrons. The van der Waals surface area contributed by atoms with Gasteiger partial charge in [-0.15, -0.1) is 0 Å². The zero-order valence-electron chi connectivity index (χ0n) is 13.4. The van der Waals surface area contributed by atoms with Crippen LogP contribution in [0, 0.1) is 5.92 Å². The van der Waals surface area contributed by atoms with Gasteiger partial charge in [0.25, 0.3) is 0 Å². The van der Waals surface area contributed by atoms with Crippen LogP contribution in [0.2, 0.25) is 0 Å². The molecular weight excluding hydrogens is 290 g/mol. The fourth-order valence-electron chi connectivity index (χ4n) is 2.36. The first-order valence-corrected chi connectivity index (χ1v) is 7.81. The van der Waals surface area contributed by atoms with Crippen LogP contribution in [-0.4, -0.2) is 24.2 Å². The van der Waals surface area contributed by atoms with Crippen molar-refractivity contribution in [1.29, 1.82) is 0 Å². The van der Waals surface area contributed by atoms with Crippen LogP contribution in [0.1, 0.15) is 18.1 Å². The number of hydrogen-bond donors (Lipinski definition) is 2. The smallest absolute Gasteiger partial charge is 0.317 e. The van der Waals surface area contributed by atoms with Gasteiger partial charge in [-0.3, -0.25) is 4.79 Å². The molecule has 0 aromatic heterocycles. The summed E-state index contributed by atoms with van der Waals surface area (Å²) in [6.45, 7) is 3.37. The van der Waals surface area contributed by atoms with Gasteiger partial charge in [0, 0.05) is 0 Å². The third-order valence-electron chi connectivity index (χ3n) is 3.52. The summed E-state index contributed by atoms with van der Waals surface area (Å²) in [5.41, 5.74) is 2.37. The molecule has 0 aliphatic carbocycles. The second-order valence-electron chi connectivity index (χ2n) is 5.75. The molecule has 4 nitrogen and oxygen atoms in total. The van der Waals surface area contributed by atoms with Crippen LogP contribution in [-0.2, 0) is 17.8 Å². The summed E-state index contributed by atoms with van der Waals surface area (Å²) in [5.74, 6) is 0.414. The van der Waals surface area contributed by atoms with Crippen molar-refractivity contribution in [1.82, 2.24) is 5.32 Å². The predicted octanol–water partition coefficient (Wildman–Crippen LogP) is 3.12. The van der Waals surface area contributed by atoms with E-state index in [4.69, 9.17) is 9.84 Å². The maximum Gasteiger partial charge on any atom is 0.317 e. The molecule has 0 aliphatic heterocycles. The lowest BCUT2D eigenvalue weighted by Crippen LogP contribution is -2.27. The van der Waals surface area contributed by atoms with Gasteiger partial charge in [0.2, 0.25) is 0 Å². The van der Waals surface area contributed by atoms with Crippen LogP contribution in [0.25, 0.3) is 0 Å². The number of nitrogens with one attached hydrogen (secondary N) is 1. The molecule has 122 valence electrons. The first-order valence-electron chi connectivity index (χ1n) is 7.81. The van der Waals surface area contributed by atoms with E-state index < -0.39 is 5.97 Å². The molecule has 4 heteroatoms. The molecule has 0 saturated heterocycles. The molecule has 0 unspecified atom stereocenters. The van der Waals surface area contributed by atoms with Crippen LogP contribution < -0.4 is 10.1 Å². The fourth-order valence-corrected chi connectivity index (χ4v) is 2.36. The third-order valence-corrected chi connectivity index (χ3v) is 3.52. The van der Waals surface area contributed by atoms with Crippen molar-refractivity contribution in [3.05, 3.63) is 65.7 Å². The van der Waals surface area contributed by atoms with Crippen LogP contribution >= 0.6 is 0 Å². The normalized spacial score (nSPS) is 11.9. The van der Waals surface area contributed by atoms with Gasteiger partial charge < -0.3 is 15.2 Å². The van der Waals surface area contributed by atoms with Gasteiger partial charge in [0.15, 0.2) is 0 Å². The number of aliphatic carboxylic acids is 1. The standard InChI is InChI=1S/C19H23NO3/c1-15(12-20-13-19(21)22)11-16-7-9-18(10-8-16)23-14-17-5-3-2-4-6-17/h2-10,15,20H,11-14H2,1H3,(H,21,22)/t15-/m1/s1. The Bertz CT molecular complexity index is 596. The second kappa shape index (κ2) is 8.96. The van der Waals surface area contributed by atoms with E-state index in [0.717, 1.165) is 17.7 Å². The Morgan fingerprint density at radius 1 is 1.09 bits per heavy atom. The largest absolute Gasteiger partial charge is 0.489 e. The van der Waals surface area contributed by atoms with Crippen molar-refractivity contribution < 1.29 is 14.6 Å². The van der Waals surface area contributed by atoms with Gasteiger partial charge in [-0.05, 0) is 42.1 Å². The average Bonchev–Trinajstić information content (AvgIpc) is 2.55. The Morgan fingerprint density at radius 3 is 2.43 bits per heavy atom. The van der Waals surface area contributed by atoms with E-state index in [2.05, 4.69) is 24.4 Å². The molecule has 0 amide bonds.